The average molecular weight is 397 g/mol. The van der Waals surface area contributed by atoms with Gasteiger partial charge < -0.3 is 0 Å². The molecule has 0 fully saturated rings. The van der Waals surface area contributed by atoms with Crippen LogP contribution in [0.3, 0.4) is 0 Å². The molecule has 1 aliphatic rings. The molecule has 0 unspecified atom stereocenters. The van der Waals surface area contributed by atoms with Gasteiger partial charge in [0, 0.05) is 0 Å². The molecule has 1 radical (unpaired) electrons. The van der Waals surface area contributed by atoms with E-state index >= 15 is 0 Å². The summed E-state index contributed by atoms with van der Waals surface area (Å²) < 4.78 is 4.37. The van der Waals surface area contributed by atoms with Gasteiger partial charge in [-0.2, -0.15) is 0 Å². The van der Waals surface area contributed by atoms with Crippen molar-refractivity contribution in [1.82, 2.24) is 0 Å². The molecule has 0 amide bonds. The Morgan fingerprint density at radius 3 is 1.42 bits per heavy atom. The first-order chi connectivity index (χ1) is 12.9. The third-order valence-electron chi connectivity index (χ3n) is 4.76. The Bertz CT molecular complexity index is 839. The van der Waals surface area contributed by atoms with Crippen LogP contribution in [0.1, 0.15) is 6.42 Å². The summed E-state index contributed by atoms with van der Waals surface area (Å²) in [4.78, 5) is 2.61. The van der Waals surface area contributed by atoms with Crippen LogP contribution in [0.15, 0.2) is 126 Å². The minimum atomic E-state index is -2.72. The summed E-state index contributed by atoms with van der Waals surface area (Å²) in [5.74, 6) is 0. The van der Waals surface area contributed by atoms with Crippen molar-refractivity contribution < 1.29 is 0 Å². The molecule has 0 heterocycles. The first-order valence-electron chi connectivity index (χ1n) is 9.00. The molecular formula is C25H22As. The van der Waals surface area contributed by atoms with Gasteiger partial charge in [-0.3, -0.25) is 0 Å². The molecule has 127 valence electrons. The molecule has 26 heavy (non-hydrogen) atoms. The molecule has 0 saturated heterocycles. The van der Waals surface area contributed by atoms with Crippen molar-refractivity contribution in [3.8, 4) is 0 Å². The molecule has 0 nitrogen and oxygen atoms in total. The predicted molar refractivity (Wildman–Crippen MR) is 115 cm³/mol. The molecule has 0 bridgehead atoms. The number of benzene rings is 3. The van der Waals surface area contributed by atoms with Crippen molar-refractivity contribution in [2.24, 2.45) is 0 Å². The fourth-order valence-electron chi connectivity index (χ4n) is 3.53. The molecule has 1 aliphatic carbocycles. The van der Waals surface area contributed by atoms with Gasteiger partial charge in [0.15, 0.2) is 0 Å². The zero-order valence-electron chi connectivity index (χ0n) is 14.7. The summed E-state index contributed by atoms with van der Waals surface area (Å²) >= 11 is -2.72. The zero-order valence-corrected chi connectivity index (χ0v) is 16.6. The van der Waals surface area contributed by atoms with Gasteiger partial charge in [-0.15, -0.1) is 0 Å². The van der Waals surface area contributed by atoms with E-state index in [2.05, 4.69) is 120 Å². The van der Waals surface area contributed by atoms with Gasteiger partial charge in [0.25, 0.3) is 0 Å². The normalized spacial score (nSPS) is 15.3. The Morgan fingerprint density at radius 2 is 1.04 bits per heavy atom. The number of hydrogen-bond acceptors (Lipinski definition) is 0. The quantitative estimate of drug-likeness (QED) is 0.581. The van der Waals surface area contributed by atoms with Crippen LogP contribution in [-0.2, 0) is 0 Å². The van der Waals surface area contributed by atoms with Gasteiger partial charge in [0.2, 0.25) is 0 Å². The Hall–Kier alpha value is -2.56. The van der Waals surface area contributed by atoms with Gasteiger partial charge in [0.05, 0.1) is 0 Å². The Labute approximate surface area is 158 Å². The van der Waals surface area contributed by atoms with E-state index in [1.54, 1.807) is 0 Å². The fourth-order valence-corrected chi connectivity index (χ4v) is 11.8. The molecule has 0 spiro atoms. The SMILES string of the molecule is C1=CC/C(=C/[As](c2ccccc2)(c2ccccc2)c2ccccc2)C=C1. The predicted octanol–water partition coefficient (Wildman–Crippen LogP) is 4.14. The van der Waals surface area contributed by atoms with Crippen LogP contribution in [0.5, 0.6) is 0 Å². The second kappa shape index (κ2) is 7.77. The van der Waals surface area contributed by atoms with Crippen LogP contribution >= 0.6 is 0 Å². The van der Waals surface area contributed by atoms with E-state index in [-0.39, 0.29) is 0 Å². The maximum absolute atomic E-state index is 2.72. The van der Waals surface area contributed by atoms with E-state index in [1.807, 2.05) is 0 Å². The molecule has 0 N–H and O–H groups in total. The monoisotopic (exact) mass is 397 g/mol. The molecule has 0 aromatic heterocycles. The van der Waals surface area contributed by atoms with Crippen LogP contribution in [0, 0.1) is 0 Å². The second-order valence-electron chi connectivity index (χ2n) is 6.42. The van der Waals surface area contributed by atoms with Crippen LogP contribution in [0.4, 0.5) is 0 Å². The third kappa shape index (κ3) is 3.26. The van der Waals surface area contributed by atoms with Crippen LogP contribution in [-0.4, -0.2) is 13.6 Å². The van der Waals surface area contributed by atoms with E-state index < -0.39 is 13.6 Å². The van der Waals surface area contributed by atoms with Crippen LogP contribution in [0.2, 0.25) is 0 Å². The van der Waals surface area contributed by atoms with Crippen molar-refractivity contribution in [3.05, 3.63) is 126 Å². The molecule has 4 rings (SSSR count). The van der Waals surface area contributed by atoms with Crippen LogP contribution in [0.25, 0.3) is 0 Å². The van der Waals surface area contributed by atoms with Gasteiger partial charge >= 0.3 is 159 Å². The number of hydrogen-bond donors (Lipinski definition) is 0. The first kappa shape index (κ1) is 16.9. The number of allylic oxidation sites excluding steroid dienone is 5. The van der Waals surface area contributed by atoms with E-state index in [9.17, 15) is 0 Å². The van der Waals surface area contributed by atoms with Gasteiger partial charge in [-0.1, -0.05) is 0 Å². The van der Waals surface area contributed by atoms with E-state index in [4.69, 9.17) is 0 Å². The fraction of sp³-hybridized carbons (Fsp3) is 0.0400. The van der Waals surface area contributed by atoms with E-state index in [0.717, 1.165) is 6.42 Å². The van der Waals surface area contributed by atoms with Crippen molar-refractivity contribution in [2.75, 3.05) is 0 Å². The van der Waals surface area contributed by atoms with Crippen molar-refractivity contribution in [3.63, 3.8) is 0 Å². The number of rotatable bonds is 4. The van der Waals surface area contributed by atoms with E-state index in [1.165, 1.54) is 18.6 Å². The Kier molecular flexibility index (Phi) is 5.04. The maximum atomic E-state index is 2.61. The summed E-state index contributed by atoms with van der Waals surface area (Å²) in [5, 5.41) is 0. The van der Waals surface area contributed by atoms with Crippen molar-refractivity contribution >= 4 is 26.6 Å². The molecule has 3 aromatic rings. The summed E-state index contributed by atoms with van der Waals surface area (Å²) in [6.07, 6.45) is 9.81. The standard InChI is InChI=1S/C25H22As/c1-5-13-22(14-6-1)21-26(23-15-7-2-8-16-23,24-17-9-3-10-18-24)25-19-11-4-12-20-25/h1-13,15-21H,14H2/b22-21+. The van der Waals surface area contributed by atoms with E-state index in [0.29, 0.717) is 0 Å². The molecule has 0 aliphatic heterocycles. The average Bonchev–Trinajstić information content (AvgIpc) is 2.75. The summed E-state index contributed by atoms with van der Waals surface area (Å²) in [5.41, 5.74) is 1.41. The van der Waals surface area contributed by atoms with Crippen molar-refractivity contribution in [1.29, 1.82) is 0 Å². The summed E-state index contributed by atoms with van der Waals surface area (Å²) in [7, 11) is 0. The molecule has 3 aromatic carbocycles. The second-order valence-corrected chi connectivity index (χ2v) is 13.2. The topological polar surface area (TPSA) is 0 Å². The molecule has 1 heteroatoms. The van der Waals surface area contributed by atoms with Crippen molar-refractivity contribution in [2.45, 2.75) is 6.42 Å². The molecule has 0 atom stereocenters. The first-order valence-corrected chi connectivity index (χ1v) is 12.9. The minimum absolute atomic E-state index is 1.01. The third-order valence-corrected chi connectivity index (χ3v) is 13.3. The summed E-state index contributed by atoms with van der Waals surface area (Å²) in [6, 6.07) is 33.2. The molecular weight excluding hydrogens is 375 g/mol. The summed E-state index contributed by atoms with van der Waals surface area (Å²) in [6.45, 7) is 0. The van der Waals surface area contributed by atoms with Gasteiger partial charge in [0.1, 0.15) is 0 Å². The Morgan fingerprint density at radius 1 is 0.577 bits per heavy atom. The molecule has 0 saturated carbocycles. The van der Waals surface area contributed by atoms with Crippen LogP contribution < -0.4 is 13.1 Å². The Balaban J connectivity index is 2.04. The zero-order chi connectivity index (χ0) is 17.7. The van der Waals surface area contributed by atoms with Gasteiger partial charge in [-0.25, -0.2) is 0 Å². The van der Waals surface area contributed by atoms with Gasteiger partial charge in [-0.05, 0) is 0 Å².